The van der Waals surface area contributed by atoms with E-state index in [9.17, 15) is 13.2 Å². The van der Waals surface area contributed by atoms with Crippen LogP contribution >= 0.6 is 0 Å². The molecule has 0 bridgehead atoms. The van der Waals surface area contributed by atoms with Crippen LogP contribution in [0.1, 0.15) is 36.5 Å². The summed E-state index contributed by atoms with van der Waals surface area (Å²) in [4.78, 5) is 0. The number of hydrogen-bond acceptors (Lipinski definition) is 0. The van der Waals surface area contributed by atoms with Gasteiger partial charge in [0.2, 0.25) is 0 Å². The third kappa shape index (κ3) is 3.03. The lowest BCUT2D eigenvalue weighted by Crippen LogP contribution is -2.04. The van der Waals surface area contributed by atoms with Crippen LogP contribution in [-0.2, 0) is 6.18 Å². The minimum absolute atomic E-state index is 0.440. The third-order valence-corrected chi connectivity index (χ3v) is 3.44. The van der Waals surface area contributed by atoms with E-state index < -0.39 is 11.7 Å². The molecule has 2 aromatic carbocycles. The van der Waals surface area contributed by atoms with Crippen LogP contribution in [0.5, 0.6) is 0 Å². The summed E-state index contributed by atoms with van der Waals surface area (Å²) in [6.07, 6.45) is -4.28. The zero-order valence-electron chi connectivity index (χ0n) is 11.8. The van der Waals surface area contributed by atoms with Crippen molar-refractivity contribution in [1.82, 2.24) is 0 Å². The normalized spacial score (nSPS) is 11.9. The van der Waals surface area contributed by atoms with E-state index in [0.29, 0.717) is 5.92 Å². The first-order valence-electron chi connectivity index (χ1n) is 6.57. The van der Waals surface area contributed by atoms with Crippen molar-refractivity contribution < 1.29 is 13.2 Å². The van der Waals surface area contributed by atoms with Gasteiger partial charge in [-0.15, -0.1) is 0 Å². The van der Waals surface area contributed by atoms with Gasteiger partial charge >= 0.3 is 6.18 Å². The molecule has 0 aliphatic carbocycles. The lowest BCUT2D eigenvalue weighted by Gasteiger charge is -2.12. The highest BCUT2D eigenvalue weighted by molar-refractivity contribution is 5.68. The second kappa shape index (κ2) is 5.31. The molecule has 20 heavy (non-hydrogen) atoms. The molecule has 0 aromatic heterocycles. The molecule has 0 radical (unpaired) electrons. The Morgan fingerprint density at radius 2 is 1.50 bits per heavy atom. The van der Waals surface area contributed by atoms with E-state index in [1.54, 1.807) is 0 Å². The predicted molar refractivity (Wildman–Crippen MR) is 75.7 cm³/mol. The maximum Gasteiger partial charge on any atom is 0.416 e. The van der Waals surface area contributed by atoms with E-state index in [1.807, 2.05) is 19.1 Å². The van der Waals surface area contributed by atoms with Gasteiger partial charge in [-0.1, -0.05) is 44.2 Å². The maximum absolute atomic E-state index is 12.5. The van der Waals surface area contributed by atoms with Crippen LogP contribution in [0.3, 0.4) is 0 Å². The molecule has 3 heteroatoms. The highest BCUT2D eigenvalue weighted by atomic mass is 19.4. The zero-order chi connectivity index (χ0) is 14.9. The van der Waals surface area contributed by atoms with Crippen LogP contribution in [0.25, 0.3) is 11.1 Å². The van der Waals surface area contributed by atoms with Gasteiger partial charge in [-0.3, -0.25) is 0 Å². The molecule has 2 aromatic rings. The summed E-state index contributed by atoms with van der Waals surface area (Å²) in [6.45, 7) is 6.22. The summed E-state index contributed by atoms with van der Waals surface area (Å²) in [7, 11) is 0. The SMILES string of the molecule is Cc1cc(C(C)C)ccc1-c1ccc(C(F)(F)F)cc1. The van der Waals surface area contributed by atoms with Gasteiger partial charge < -0.3 is 0 Å². The van der Waals surface area contributed by atoms with Gasteiger partial charge in [0, 0.05) is 0 Å². The van der Waals surface area contributed by atoms with Crippen LogP contribution in [-0.4, -0.2) is 0 Å². The number of halogens is 3. The van der Waals surface area contributed by atoms with Crippen LogP contribution in [0.2, 0.25) is 0 Å². The second-order valence-corrected chi connectivity index (χ2v) is 5.30. The van der Waals surface area contributed by atoms with Gasteiger partial charge in [0.1, 0.15) is 0 Å². The van der Waals surface area contributed by atoms with Crippen LogP contribution in [0, 0.1) is 6.92 Å². The molecule has 2 rings (SSSR count). The highest BCUT2D eigenvalue weighted by Gasteiger charge is 2.29. The van der Waals surface area contributed by atoms with E-state index in [4.69, 9.17) is 0 Å². The van der Waals surface area contributed by atoms with Crippen molar-refractivity contribution in [2.75, 3.05) is 0 Å². The third-order valence-electron chi connectivity index (χ3n) is 3.44. The molecular weight excluding hydrogens is 261 g/mol. The molecule has 0 heterocycles. The molecule has 0 atom stereocenters. The van der Waals surface area contributed by atoms with Crippen LogP contribution in [0.15, 0.2) is 42.5 Å². The molecule has 106 valence electrons. The fraction of sp³-hybridized carbons (Fsp3) is 0.294. The summed E-state index contributed by atoms with van der Waals surface area (Å²) < 4.78 is 37.6. The largest absolute Gasteiger partial charge is 0.416 e. The van der Waals surface area contributed by atoms with E-state index in [1.165, 1.54) is 17.7 Å². The maximum atomic E-state index is 12.5. The fourth-order valence-corrected chi connectivity index (χ4v) is 2.21. The Labute approximate surface area is 117 Å². The molecule has 0 saturated carbocycles. The minimum Gasteiger partial charge on any atom is -0.166 e. The van der Waals surface area contributed by atoms with Gasteiger partial charge in [0.25, 0.3) is 0 Å². The number of alkyl halides is 3. The average molecular weight is 278 g/mol. The lowest BCUT2D eigenvalue weighted by atomic mass is 9.94. The van der Waals surface area contributed by atoms with Gasteiger partial charge in [-0.2, -0.15) is 13.2 Å². The molecule has 0 amide bonds. The van der Waals surface area contributed by atoms with Gasteiger partial charge in [0.05, 0.1) is 5.56 Å². The highest BCUT2D eigenvalue weighted by Crippen LogP contribution is 2.32. The number of aryl methyl sites for hydroxylation is 1. The van der Waals surface area contributed by atoms with Crippen molar-refractivity contribution in [3.8, 4) is 11.1 Å². The molecule has 0 unspecified atom stereocenters. The van der Waals surface area contributed by atoms with Crippen LogP contribution < -0.4 is 0 Å². The first-order chi connectivity index (χ1) is 9.29. The topological polar surface area (TPSA) is 0 Å². The molecular formula is C17H17F3. The van der Waals surface area contributed by atoms with Crippen molar-refractivity contribution in [3.63, 3.8) is 0 Å². The Kier molecular flexibility index (Phi) is 3.89. The lowest BCUT2D eigenvalue weighted by molar-refractivity contribution is -0.137. The van der Waals surface area contributed by atoms with Crippen LogP contribution in [0.4, 0.5) is 13.2 Å². The molecule has 0 N–H and O–H groups in total. The van der Waals surface area contributed by atoms with Gasteiger partial charge in [-0.05, 0) is 47.2 Å². The summed E-state index contributed by atoms with van der Waals surface area (Å²) in [6, 6.07) is 11.4. The first-order valence-corrected chi connectivity index (χ1v) is 6.57. The average Bonchev–Trinajstić information content (AvgIpc) is 2.37. The van der Waals surface area contributed by atoms with E-state index in [0.717, 1.165) is 28.8 Å². The van der Waals surface area contributed by atoms with E-state index >= 15 is 0 Å². The molecule has 0 spiro atoms. The summed E-state index contributed by atoms with van der Waals surface area (Å²) >= 11 is 0. The molecule has 0 saturated heterocycles. The summed E-state index contributed by atoms with van der Waals surface area (Å²) in [5.41, 5.74) is 3.49. The monoisotopic (exact) mass is 278 g/mol. The van der Waals surface area contributed by atoms with E-state index in [-0.39, 0.29) is 0 Å². The number of benzene rings is 2. The Bertz CT molecular complexity index is 593. The number of rotatable bonds is 2. The van der Waals surface area contributed by atoms with Gasteiger partial charge in [0.15, 0.2) is 0 Å². The number of hydrogen-bond donors (Lipinski definition) is 0. The Balaban J connectivity index is 2.37. The van der Waals surface area contributed by atoms with Crippen molar-refractivity contribution >= 4 is 0 Å². The molecule has 0 aliphatic rings. The van der Waals surface area contributed by atoms with Gasteiger partial charge in [-0.25, -0.2) is 0 Å². The fourth-order valence-electron chi connectivity index (χ4n) is 2.21. The quantitative estimate of drug-likeness (QED) is 0.650. The molecule has 0 nitrogen and oxygen atoms in total. The summed E-state index contributed by atoms with van der Waals surface area (Å²) in [5, 5.41) is 0. The Morgan fingerprint density at radius 1 is 0.900 bits per heavy atom. The standard InChI is InChI=1S/C17H17F3/c1-11(2)14-6-9-16(12(3)10-14)13-4-7-15(8-5-13)17(18,19)20/h4-11H,1-3H3. The first kappa shape index (κ1) is 14.6. The van der Waals surface area contributed by atoms with Crippen molar-refractivity contribution in [1.29, 1.82) is 0 Å². The molecule has 0 fully saturated rings. The zero-order valence-corrected chi connectivity index (χ0v) is 11.8. The second-order valence-electron chi connectivity index (χ2n) is 5.30. The smallest absolute Gasteiger partial charge is 0.166 e. The minimum atomic E-state index is -4.28. The van der Waals surface area contributed by atoms with Crippen molar-refractivity contribution in [3.05, 3.63) is 59.2 Å². The van der Waals surface area contributed by atoms with E-state index in [2.05, 4.69) is 19.9 Å². The van der Waals surface area contributed by atoms with Crippen molar-refractivity contribution in [2.24, 2.45) is 0 Å². The predicted octanol–water partition coefficient (Wildman–Crippen LogP) is 5.80. The summed E-state index contributed by atoms with van der Waals surface area (Å²) in [5.74, 6) is 0.440. The Hall–Kier alpha value is -1.77. The molecule has 0 aliphatic heterocycles. The Morgan fingerprint density at radius 3 is 1.95 bits per heavy atom. The van der Waals surface area contributed by atoms with Crippen molar-refractivity contribution in [2.45, 2.75) is 32.9 Å².